The first-order valence-corrected chi connectivity index (χ1v) is 24.1. The largest absolute Gasteiger partial charge is 0.309 e. The van der Waals surface area contributed by atoms with Crippen molar-refractivity contribution in [3.63, 3.8) is 0 Å². The van der Waals surface area contributed by atoms with Crippen molar-refractivity contribution in [2.75, 3.05) is 0 Å². The Hall–Kier alpha value is -5.57. The standard InChI is InChI=1S/C54H42NPS2/c57-56(43-16-4-1-5-17-43,44-18-6-2-7-19-44)51-37-39(36-48-47-22-10-13-25-52(47)58-53(48)51)38-26-28-40(29-27-38)54(34-14-3-15-35-54)41-30-32-42(33-31-41)55-49-23-11-8-20-45(49)46-21-9-12-24-50(46)55/h1-2,4-13,16-33,36-37H,3,14-15,34-35H2. The fourth-order valence-corrected chi connectivity index (χ4v) is 15.7. The summed E-state index contributed by atoms with van der Waals surface area (Å²) in [6.07, 6.45) is 6.10. The molecule has 1 saturated carbocycles. The highest BCUT2D eigenvalue weighted by Crippen LogP contribution is 2.50. The lowest BCUT2D eigenvalue weighted by Crippen LogP contribution is -2.30. The zero-order chi connectivity index (χ0) is 38.7. The summed E-state index contributed by atoms with van der Waals surface area (Å²) in [6, 6.07) is 69.8. The van der Waals surface area contributed by atoms with Crippen molar-refractivity contribution in [1.82, 2.24) is 4.57 Å². The Balaban J connectivity index is 1.03. The van der Waals surface area contributed by atoms with Crippen molar-refractivity contribution in [3.05, 3.63) is 205 Å². The fraction of sp³-hybridized carbons (Fsp3) is 0.111. The van der Waals surface area contributed by atoms with Gasteiger partial charge in [0.25, 0.3) is 0 Å². The monoisotopic (exact) mass is 799 g/mol. The van der Waals surface area contributed by atoms with Gasteiger partial charge < -0.3 is 4.57 Å². The number of hydrogen-bond acceptors (Lipinski definition) is 2. The van der Waals surface area contributed by atoms with Crippen LogP contribution in [0.2, 0.25) is 0 Å². The molecule has 280 valence electrons. The molecule has 1 aliphatic carbocycles. The van der Waals surface area contributed by atoms with Gasteiger partial charge in [0, 0.05) is 53.4 Å². The maximum Gasteiger partial charge on any atom is 0.0541 e. The first-order chi connectivity index (χ1) is 28.6. The second kappa shape index (κ2) is 14.4. The summed E-state index contributed by atoms with van der Waals surface area (Å²) in [5.74, 6) is 0. The van der Waals surface area contributed by atoms with Crippen LogP contribution in [0, 0.1) is 0 Å². The summed E-state index contributed by atoms with van der Waals surface area (Å²) in [7, 11) is 0. The van der Waals surface area contributed by atoms with Crippen LogP contribution in [0.25, 0.3) is 58.8 Å². The molecule has 1 aliphatic rings. The molecule has 0 N–H and O–H groups in total. The molecule has 2 heterocycles. The Morgan fingerprint density at radius 1 is 0.466 bits per heavy atom. The highest BCUT2D eigenvalue weighted by atomic mass is 32.4. The molecule has 0 aliphatic heterocycles. The van der Waals surface area contributed by atoms with E-state index in [-0.39, 0.29) is 5.41 Å². The minimum absolute atomic E-state index is 0.0171. The predicted molar refractivity (Wildman–Crippen MR) is 255 cm³/mol. The summed E-state index contributed by atoms with van der Waals surface area (Å²) >= 11 is 8.90. The second-order valence-electron chi connectivity index (χ2n) is 15.9. The van der Waals surface area contributed by atoms with Gasteiger partial charge >= 0.3 is 0 Å². The van der Waals surface area contributed by atoms with Crippen molar-refractivity contribution in [2.45, 2.75) is 37.5 Å². The van der Waals surface area contributed by atoms with Gasteiger partial charge in [-0.05, 0) is 88.2 Å². The molecule has 2 aromatic heterocycles. The van der Waals surface area contributed by atoms with Crippen LogP contribution < -0.4 is 15.9 Å². The molecule has 4 heteroatoms. The van der Waals surface area contributed by atoms with E-state index in [1.54, 1.807) is 0 Å². The Bertz CT molecular complexity index is 3060. The normalized spacial score (nSPS) is 14.4. The van der Waals surface area contributed by atoms with Gasteiger partial charge in [-0.2, -0.15) is 0 Å². The Kier molecular flexibility index (Phi) is 8.81. The number of hydrogen-bond donors (Lipinski definition) is 0. The molecule has 10 aromatic rings. The molecule has 1 fully saturated rings. The zero-order valence-electron chi connectivity index (χ0n) is 32.2. The van der Waals surface area contributed by atoms with Gasteiger partial charge in [0.15, 0.2) is 0 Å². The molecule has 0 atom stereocenters. The maximum absolute atomic E-state index is 7.02. The molecule has 0 spiro atoms. The molecular weight excluding hydrogens is 758 g/mol. The lowest BCUT2D eigenvalue weighted by molar-refractivity contribution is 0.346. The van der Waals surface area contributed by atoms with E-state index in [0.717, 1.165) is 12.8 Å². The molecule has 11 rings (SSSR count). The first-order valence-electron chi connectivity index (χ1n) is 20.5. The second-order valence-corrected chi connectivity index (χ2v) is 21.3. The van der Waals surface area contributed by atoms with Gasteiger partial charge in [-0.3, -0.25) is 0 Å². The lowest BCUT2D eigenvalue weighted by atomic mass is 9.65. The number of para-hydroxylation sites is 2. The van der Waals surface area contributed by atoms with Crippen molar-refractivity contribution in [3.8, 4) is 16.8 Å². The lowest BCUT2D eigenvalue weighted by Gasteiger charge is -2.39. The van der Waals surface area contributed by atoms with Gasteiger partial charge in [0.1, 0.15) is 0 Å². The fourth-order valence-electron chi connectivity index (χ4n) is 9.92. The van der Waals surface area contributed by atoms with Crippen LogP contribution in [0.4, 0.5) is 0 Å². The van der Waals surface area contributed by atoms with E-state index in [4.69, 9.17) is 11.8 Å². The van der Waals surface area contributed by atoms with E-state index >= 15 is 0 Å². The summed E-state index contributed by atoms with van der Waals surface area (Å²) in [4.78, 5) is 0. The van der Waals surface area contributed by atoms with E-state index < -0.39 is 6.04 Å². The minimum atomic E-state index is -2.42. The molecular formula is C54H42NPS2. The summed E-state index contributed by atoms with van der Waals surface area (Å²) in [5.41, 5.74) is 8.99. The van der Waals surface area contributed by atoms with Crippen LogP contribution in [-0.2, 0) is 17.2 Å². The number of aromatic nitrogens is 1. The van der Waals surface area contributed by atoms with Crippen molar-refractivity contribution in [2.24, 2.45) is 0 Å². The third-order valence-electron chi connectivity index (χ3n) is 12.8. The van der Waals surface area contributed by atoms with E-state index in [0.29, 0.717) is 0 Å². The number of nitrogens with zero attached hydrogens (tertiary/aromatic N) is 1. The van der Waals surface area contributed by atoms with Crippen LogP contribution in [0.5, 0.6) is 0 Å². The Morgan fingerprint density at radius 3 is 1.59 bits per heavy atom. The Labute approximate surface area is 349 Å². The topological polar surface area (TPSA) is 4.93 Å². The summed E-state index contributed by atoms with van der Waals surface area (Å²) in [6.45, 7) is 0. The van der Waals surface area contributed by atoms with Crippen LogP contribution >= 0.6 is 17.4 Å². The molecule has 0 amide bonds. The number of rotatable bonds is 7. The van der Waals surface area contributed by atoms with Gasteiger partial charge in [-0.1, -0.05) is 183 Å². The van der Waals surface area contributed by atoms with Gasteiger partial charge in [0.2, 0.25) is 0 Å². The van der Waals surface area contributed by atoms with E-state index in [1.807, 2.05) is 11.3 Å². The zero-order valence-corrected chi connectivity index (χ0v) is 34.7. The molecule has 1 nitrogen and oxygen atoms in total. The SMILES string of the molecule is S=P(c1ccccc1)(c1ccccc1)c1cc(-c2ccc(C3(c4ccc(-n5c6ccccc6c6ccccc65)cc4)CCCCC3)cc2)cc2c1sc1ccccc12. The summed E-state index contributed by atoms with van der Waals surface area (Å²) in [5, 5.41) is 8.93. The number of benzene rings is 8. The predicted octanol–water partition coefficient (Wildman–Crippen LogP) is 13.8. The highest BCUT2D eigenvalue weighted by molar-refractivity contribution is 8.25. The molecule has 0 unspecified atom stereocenters. The molecule has 0 radical (unpaired) electrons. The van der Waals surface area contributed by atoms with Crippen LogP contribution in [0.15, 0.2) is 194 Å². The number of thiophene rings is 1. The minimum Gasteiger partial charge on any atom is -0.309 e. The van der Waals surface area contributed by atoms with Crippen LogP contribution in [0.1, 0.15) is 43.2 Å². The van der Waals surface area contributed by atoms with Crippen molar-refractivity contribution >= 4 is 87.1 Å². The average molecular weight is 800 g/mol. The van der Waals surface area contributed by atoms with Crippen molar-refractivity contribution in [1.29, 1.82) is 0 Å². The van der Waals surface area contributed by atoms with Gasteiger partial charge in [0.05, 0.1) is 11.0 Å². The van der Waals surface area contributed by atoms with E-state index in [1.165, 1.54) is 105 Å². The third-order valence-corrected chi connectivity index (χ3v) is 19.1. The number of fused-ring (bicyclic) bond motifs is 6. The highest BCUT2D eigenvalue weighted by Gasteiger charge is 2.36. The van der Waals surface area contributed by atoms with E-state index in [9.17, 15) is 0 Å². The van der Waals surface area contributed by atoms with Crippen LogP contribution in [-0.4, -0.2) is 4.57 Å². The molecule has 8 aromatic carbocycles. The maximum atomic E-state index is 7.02. The van der Waals surface area contributed by atoms with E-state index in [2.05, 4.69) is 199 Å². The van der Waals surface area contributed by atoms with Gasteiger partial charge in [-0.25, -0.2) is 0 Å². The van der Waals surface area contributed by atoms with Crippen molar-refractivity contribution < 1.29 is 0 Å². The van der Waals surface area contributed by atoms with Crippen LogP contribution in [0.3, 0.4) is 0 Å². The molecule has 58 heavy (non-hydrogen) atoms. The Morgan fingerprint density at radius 2 is 0.983 bits per heavy atom. The average Bonchev–Trinajstić information content (AvgIpc) is 3.85. The smallest absolute Gasteiger partial charge is 0.0541 e. The van der Waals surface area contributed by atoms with Gasteiger partial charge in [-0.15, -0.1) is 11.3 Å². The molecule has 0 bridgehead atoms. The first kappa shape index (κ1) is 35.6. The third kappa shape index (κ3) is 5.67. The quantitative estimate of drug-likeness (QED) is 0.145. The molecule has 0 saturated heterocycles. The summed E-state index contributed by atoms with van der Waals surface area (Å²) < 4.78 is 5.04.